The highest BCUT2D eigenvalue weighted by Gasteiger charge is 2.26. The number of ether oxygens (including phenoxy) is 3. The normalized spacial score (nSPS) is 12.5. The second kappa shape index (κ2) is 7.98. The van der Waals surface area contributed by atoms with Crippen molar-refractivity contribution in [3.63, 3.8) is 0 Å². The summed E-state index contributed by atoms with van der Waals surface area (Å²) in [4.78, 5) is 40.1. The van der Waals surface area contributed by atoms with Gasteiger partial charge in [0.25, 0.3) is 0 Å². The Morgan fingerprint density at radius 1 is 1.00 bits per heavy atom. The van der Waals surface area contributed by atoms with Gasteiger partial charge in [0.15, 0.2) is 0 Å². The van der Waals surface area contributed by atoms with Crippen LogP contribution in [0.25, 0.3) is 0 Å². The van der Waals surface area contributed by atoms with Gasteiger partial charge in [-0.2, -0.15) is 0 Å². The molecule has 0 spiro atoms. The van der Waals surface area contributed by atoms with Gasteiger partial charge >= 0.3 is 18.2 Å². The molecule has 0 radical (unpaired) electrons. The lowest BCUT2D eigenvalue weighted by Crippen LogP contribution is -2.28. The molecule has 9 heteroatoms. The van der Waals surface area contributed by atoms with Crippen LogP contribution in [0.4, 0.5) is 15.3 Å². The molecule has 2 rings (SSSR count). The molecule has 2 amide bonds. The van der Waals surface area contributed by atoms with Gasteiger partial charge in [-0.1, -0.05) is 0 Å². The van der Waals surface area contributed by atoms with E-state index in [1.54, 1.807) is 52.4 Å². The number of anilines is 1. The van der Waals surface area contributed by atoms with E-state index in [-0.39, 0.29) is 17.9 Å². The second-order valence-electron chi connectivity index (χ2n) is 6.38. The van der Waals surface area contributed by atoms with Crippen molar-refractivity contribution in [3.05, 3.63) is 29.5 Å². The van der Waals surface area contributed by atoms with Crippen molar-refractivity contribution in [2.75, 3.05) is 47.2 Å². The van der Waals surface area contributed by atoms with Gasteiger partial charge < -0.3 is 28.9 Å². The molecular formula is C18H23N3O6. The van der Waals surface area contributed by atoms with E-state index in [1.165, 1.54) is 23.0 Å². The first kappa shape index (κ1) is 20.1. The number of amides is 2. The van der Waals surface area contributed by atoms with Gasteiger partial charge in [-0.05, 0) is 0 Å². The summed E-state index contributed by atoms with van der Waals surface area (Å²) in [6.45, 7) is 0. The Morgan fingerprint density at radius 2 is 1.59 bits per heavy atom. The minimum atomic E-state index is -0.592. The number of hydrogen-bond acceptors (Lipinski definition) is 7. The summed E-state index contributed by atoms with van der Waals surface area (Å²) in [5, 5.41) is 0. The topological polar surface area (TPSA) is 88.6 Å². The lowest BCUT2D eigenvalue weighted by atomic mass is 9.98. The van der Waals surface area contributed by atoms with Crippen molar-refractivity contribution in [2.24, 2.45) is 0 Å². The molecule has 1 aliphatic rings. The Balaban J connectivity index is 2.50. The number of carbonyl (C=O) groups excluding carboxylic acids is 3. The smallest absolute Gasteiger partial charge is 0.414 e. The number of methoxy groups -OCH3 is 1. The lowest BCUT2D eigenvalue weighted by molar-refractivity contribution is -0.136. The molecule has 1 heterocycles. The molecule has 9 nitrogen and oxygen atoms in total. The first-order valence-corrected chi connectivity index (χ1v) is 8.11. The van der Waals surface area contributed by atoms with E-state index in [2.05, 4.69) is 0 Å². The molecule has 0 unspecified atom stereocenters. The molecule has 0 N–H and O–H groups in total. The Morgan fingerprint density at radius 3 is 2.15 bits per heavy atom. The van der Waals surface area contributed by atoms with Crippen molar-refractivity contribution >= 4 is 23.8 Å². The Bertz CT molecular complexity index is 801. The van der Waals surface area contributed by atoms with Crippen molar-refractivity contribution in [3.8, 4) is 11.5 Å². The number of rotatable bonds is 3. The van der Waals surface area contributed by atoms with Gasteiger partial charge in [-0.25, -0.2) is 14.4 Å². The Hall–Kier alpha value is -3.23. The maximum absolute atomic E-state index is 12.1. The molecule has 0 atom stereocenters. The zero-order valence-electron chi connectivity index (χ0n) is 16.2. The molecule has 146 valence electrons. The molecule has 1 aliphatic heterocycles. The van der Waals surface area contributed by atoms with Gasteiger partial charge in [0.1, 0.15) is 11.5 Å². The number of esters is 1. The van der Waals surface area contributed by atoms with Crippen LogP contribution in [0, 0.1) is 0 Å². The van der Waals surface area contributed by atoms with Crippen LogP contribution >= 0.6 is 0 Å². The SMILES string of the molecule is COC(=O)C1=CN(C)c2cc(OC(=O)N(C)C)cc(OC(=O)N(C)C)c2C1. The number of fused-ring (bicyclic) bond motifs is 1. The van der Waals surface area contributed by atoms with Crippen molar-refractivity contribution in [2.45, 2.75) is 6.42 Å². The third-order valence-corrected chi connectivity index (χ3v) is 3.84. The number of benzene rings is 1. The molecule has 0 bridgehead atoms. The molecule has 27 heavy (non-hydrogen) atoms. The molecule has 1 aromatic rings. The van der Waals surface area contributed by atoms with E-state index in [0.717, 1.165) is 0 Å². The van der Waals surface area contributed by atoms with E-state index in [4.69, 9.17) is 14.2 Å². The monoisotopic (exact) mass is 377 g/mol. The fourth-order valence-electron chi connectivity index (χ4n) is 2.42. The molecule has 0 aromatic heterocycles. The molecular weight excluding hydrogens is 354 g/mol. The predicted molar refractivity (Wildman–Crippen MR) is 98.1 cm³/mol. The number of carbonyl (C=O) groups is 3. The summed E-state index contributed by atoms with van der Waals surface area (Å²) in [6, 6.07) is 3.10. The Labute approximate surface area is 157 Å². The molecule has 0 saturated carbocycles. The third kappa shape index (κ3) is 4.49. The van der Waals surface area contributed by atoms with Crippen LogP contribution in [0.15, 0.2) is 23.9 Å². The highest BCUT2D eigenvalue weighted by atomic mass is 16.6. The van der Waals surface area contributed by atoms with Crippen LogP contribution in [0.3, 0.4) is 0 Å². The lowest BCUT2D eigenvalue weighted by Gasteiger charge is -2.27. The zero-order valence-corrected chi connectivity index (χ0v) is 16.2. The summed E-state index contributed by atoms with van der Waals surface area (Å²) in [5.41, 5.74) is 1.67. The number of hydrogen-bond donors (Lipinski definition) is 0. The van der Waals surface area contributed by atoms with Crippen LogP contribution in [-0.4, -0.2) is 70.3 Å². The van der Waals surface area contributed by atoms with Crippen molar-refractivity contribution in [1.29, 1.82) is 0 Å². The maximum Gasteiger partial charge on any atom is 0.414 e. The van der Waals surface area contributed by atoms with E-state index < -0.39 is 18.2 Å². The highest BCUT2D eigenvalue weighted by molar-refractivity contribution is 5.91. The minimum absolute atomic E-state index is 0.203. The number of nitrogens with zero attached hydrogens (tertiary/aromatic N) is 3. The van der Waals surface area contributed by atoms with Crippen LogP contribution in [0.2, 0.25) is 0 Å². The largest absolute Gasteiger partial charge is 0.466 e. The molecule has 0 fully saturated rings. The van der Waals surface area contributed by atoms with Crippen molar-refractivity contribution < 1.29 is 28.6 Å². The standard InChI is InChI=1S/C18H23N3O6/c1-19(2)17(23)26-12-8-14-13(15(9-12)27-18(24)20(3)4)7-11(10-21(14)5)16(22)25-6/h8-10H,7H2,1-6H3. The third-order valence-electron chi connectivity index (χ3n) is 3.84. The second-order valence-corrected chi connectivity index (χ2v) is 6.38. The fourth-order valence-corrected chi connectivity index (χ4v) is 2.42. The first-order valence-electron chi connectivity index (χ1n) is 8.11. The average molecular weight is 377 g/mol. The zero-order chi connectivity index (χ0) is 20.3. The average Bonchev–Trinajstić information content (AvgIpc) is 2.61. The van der Waals surface area contributed by atoms with Crippen molar-refractivity contribution in [1.82, 2.24) is 9.80 Å². The van der Waals surface area contributed by atoms with Gasteiger partial charge in [0.2, 0.25) is 0 Å². The maximum atomic E-state index is 12.1. The molecule has 0 aliphatic carbocycles. The van der Waals surface area contributed by atoms with E-state index >= 15 is 0 Å². The predicted octanol–water partition coefficient (Wildman–Crippen LogP) is 1.86. The molecule has 1 aromatic carbocycles. The first-order chi connectivity index (χ1) is 12.6. The fraction of sp³-hybridized carbons (Fsp3) is 0.389. The van der Waals surface area contributed by atoms with Crippen LogP contribution in [-0.2, 0) is 16.0 Å². The summed E-state index contributed by atoms with van der Waals surface area (Å²) in [5.74, 6) is -0.0506. The van der Waals surface area contributed by atoms with Gasteiger partial charge in [-0.3, -0.25) is 0 Å². The van der Waals surface area contributed by atoms with Gasteiger partial charge in [0.05, 0.1) is 18.4 Å². The Kier molecular flexibility index (Phi) is 5.94. The summed E-state index contributed by atoms with van der Waals surface area (Å²) in [6.07, 6.45) is 0.683. The van der Waals surface area contributed by atoms with E-state index in [9.17, 15) is 14.4 Å². The van der Waals surface area contributed by atoms with Gasteiger partial charge in [-0.15, -0.1) is 0 Å². The summed E-state index contributed by atoms with van der Waals surface area (Å²) in [7, 11) is 9.26. The summed E-state index contributed by atoms with van der Waals surface area (Å²) < 4.78 is 15.5. The van der Waals surface area contributed by atoms with E-state index in [1.807, 2.05) is 0 Å². The highest BCUT2D eigenvalue weighted by Crippen LogP contribution is 2.39. The van der Waals surface area contributed by atoms with Crippen LogP contribution in [0.1, 0.15) is 5.56 Å². The van der Waals surface area contributed by atoms with Crippen LogP contribution < -0.4 is 14.4 Å². The van der Waals surface area contributed by atoms with Crippen LogP contribution in [0.5, 0.6) is 11.5 Å². The minimum Gasteiger partial charge on any atom is -0.466 e. The van der Waals surface area contributed by atoms with E-state index in [0.29, 0.717) is 16.8 Å². The molecule has 0 saturated heterocycles. The van der Waals surface area contributed by atoms with Gasteiger partial charge in [0, 0.05) is 65.6 Å². The quantitative estimate of drug-likeness (QED) is 0.743. The summed E-state index contributed by atoms with van der Waals surface area (Å²) >= 11 is 0.